The Kier molecular flexibility index (Phi) is 6.91. The van der Waals surface area contributed by atoms with Crippen LogP contribution in [-0.4, -0.2) is 24.6 Å². The third kappa shape index (κ3) is 6.05. The maximum atomic E-state index is 11.8. The number of anilines is 2. The lowest BCUT2D eigenvalue weighted by Gasteiger charge is -2.07. The molecular weight excluding hydrogens is 330 g/mol. The van der Waals surface area contributed by atoms with Crippen LogP contribution in [0.2, 0.25) is 0 Å². The van der Waals surface area contributed by atoms with Crippen LogP contribution in [0.5, 0.6) is 0 Å². The summed E-state index contributed by atoms with van der Waals surface area (Å²) in [5.41, 5.74) is 4.67. The number of carbonyl (C=O) groups excluding carboxylic acids is 2. The first-order valence-corrected chi connectivity index (χ1v) is 8.40. The van der Waals surface area contributed by atoms with Crippen LogP contribution in [0.1, 0.15) is 23.6 Å². The van der Waals surface area contributed by atoms with Crippen molar-refractivity contribution in [2.45, 2.75) is 27.2 Å². The van der Waals surface area contributed by atoms with Crippen molar-refractivity contribution in [1.29, 1.82) is 0 Å². The van der Waals surface area contributed by atoms with E-state index in [4.69, 9.17) is 4.84 Å². The first-order chi connectivity index (χ1) is 12.5. The molecule has 2 amide bonds. The smallest absolute Gasteiger partial charge is 0.270 e. The number of hydrogen-bond acceptors (Lipinski definition) is 4. The molecule has 0 fully saturated rings. The van der Waals surface area contributed by atoms with Gasteiger partial charge in [-0.05, 0) is 49.6 Å². The Morgan fingerprint density at radius 2 is 1.81 bits per heavy atom. The van der Waals surface area contributed by atoms with Crippen LogP contribution < -0.4 is 10.6 Å². The van der Waals surface area contributed by atoms with Gasteiger partial charge in [-0.1, -0.05) is 41.9 Å². The lowest BCUT2D eigenvalue weighted by atomic mass is 10.1. The van der Waals surface area contributed by atoms with Crippen molar-refractivity contribution in [1.82, 2.24) is 0 Å². The number of amides is 2. The molecule has 0 radical (unpaired) electrons. The third-order valence-corrected chi connectivity index (χ3v) is 3.73. The molecule has 2 rings (SSSR count). The SMILES string of the molecule is CCc1ccc(NC(=O)CO/N=C\C(=O)Nc2ccc(C)cc2C)cc1. The second-order valence-electron chi connectivity index (χ2n) is 5.91. The second-order valence-corrected chi connectivity index (χ2v) is 5.91. The predicted octanol–water partition coefficient (Wildman–Crippen LogP) is 3.45. The number of aryl methyl sites for hydroxylation is 3. The fourth-order valence-corrected chi connectivity index (χ4v) is 2.32. The van der Waals surface area contributed by atoms with E-state index in [1.807, 2.05) is 56.3 Å². The van der Waals surface area contributed by atoms with Crippen LogP contribution >= 0.6 is 0 Å². The van der Waals surface area contributed by atoms with Crippen LogP contribution in [0.3, 0.4) is 0 Å². The van der Waals surface area contributed by atoms with Crippen LogP contribution in [-0.2, 0) is 20.8 Å². The maximum Gasteiger partial charge on any atom is 0.270 e. The normalized spacial score (nSPS) is 10.6. The van der Waals surface area contributed by atoms with E-state index in [-0.39, 0.29) is 12.5 Å². The van der Waals surface area contributed by atoms with E-state index in [9.17, 15) is 9.59 Å². The molecule has 0 heterocycles. The lowest BCUT2D eigenvalue weighted by molar-refractivity contribution is -0.120. The van der Waals surface area contributed by atoms with Crippen molar-refractivity contribution >= 4 is 29.4 Å². The molecule has 6 heteroatoms. The second kappa shape index (κ2) is 9.36. The third-order valence-electron chi connectivity index (χ3n) is 3.73. The predicted molar refractivity (Wildman–Crippen MR) is 103 cm³/mol. The van der Waals surface area contributed by atoms with Crippen molar-refractivity contribution in [3.05, 3.63) is 59.2 Å². The molecule has 2 aromatic rings. The highest BCUT2D eigenvalue weighted by Gasteiger charge is 2.04. The molecule has 0 spiro atoms. The largest absolute Gasteiger partial charge is 0.385 e. The summed E-state index contributed by atoms with van der Waals surface area (Å²) in [5, 5.41) is 8.93. The van der Waals surface area contributed by atoms with Gasteiger partial charge in [-0.3, -0.25) is 9.59 Å². The van der Waals surface area contributed by atoms with Gasteiger partial charge in [0.1, 0.15) is 6.21 Å². The van der Waals surface area contributed by atoms with Crippen molar-refractivity contribution in [3.63, 3.8) is 0 Å². The topological polar surface area (TPSA) is 79.8 Å². The summed E-state index contributed by atoms with van der Waals surface area (Å²) in [6.07, 6.45) is 1.94. The molecule has 0 unspecified atom stereocenters. The molecule has 0 bridgehead atoms. The molecule has 0 aromatic heterocycles. The number of hydrogen-bond donors (Lipinski definition) is 2. The highest BCUT2D eigenvalue weighted by Crippen LogP contribution is 2.15. The van der Waals surface area contributed by atoms with E-state index in [1.54, 1.807) is 0 Å². The standard InChI is InChI=1S/C20H23N3O3/c1-4-16-6-8-17(9-7-16)22-20(25)13-26-21-12-19(24)23-18-10-5-14(2)11-15(18)3/h5-12H,4,13H2,1-3H3,(H,22,25)(H,23,24)/b21-12-. The number of rotatable bonds is 7. The molecular formula is C20H23N3O3. The van der Waals surface area contributed by atoms with Gasteiger partial charge >= 0.3 is 0 Å². The monoisotopic (exact) mass is 353 g/mol. The quantitative estimate of drug-likeness (QED) is 0.591. The van der Waals surface area contributed by atoms with Crippen LogP contribution in [0.25, 0.3) is 0 Å². The lowest BCUT2D eigenvalue weighted by Crippen LogP contribution is -2.18. The van der Waals surface area contributed by atoms with Crippen molar-refractivity contribution in [2.75, 3.05) is 17.2 Å². The van der Waals surface area contributed by atoms with Gasteiger partial charge in [0.25, 0.3) is 11.8 Å². The molecule has 6 nitrogen and oxygen atoms in total. The Balaban J connectivity index is 1.75. The van der Waals surface area contributed by atoms with Gasteiger partial charge in [0.2, 0.25) is 0 Å². The summed E-state index contributed by atoms with van der Waals surface area (Å²) in [6, 6.07) is 13.3. The van der Waals surface area contributed by atoms with Crippen LogP contribution in [0.15, 0.2) is 47.6 Å². The highest BCUT2D eigenvalue weighted by molar-refractivity contribution is 6.31. The molecule has 0 saturated heterocycles. The minimum atomic E-state index is -0.424. The molecule has 0 aliphatic rings. The maximum absolute atomic E-state index is 11.8. The Morgan fingerprint density at radius 1 is 1.08 bits per heavy atom. The summed E-state index contributed by atoms with van der Waals surface area (Å²) in [4.78, 5) is 28.4. The molecule has 0 atom stereocenters. The van der Waals surface area contributed by atoms with Gasteiger partial charge < -0.3 is 15.5 Å². The van der Waals surface area contributed by atoms with Crippen LogP contribution in [0.4, 0.5) is 11.4 Å². The van der Waals surface area contributed by atoms with Crippen LogP contribution in [0, 0.1) is 13.8 Å². The molecule has 26 heavy (non-hydrogen) atoms. The molecule has 2 aromatic carbocycles. The first kappa shape index (κ1) is 19.2. The summed E-state index contributed by atoms with van der Waals surface area (Å²) < 4.78 is 0. The molecule has 0 aliphatic carbocycles. The Labute approximate surface area is 153 Å². The summed E-state index contributed by atoms with van der Waals surface area (Å²) in [7, 11) is 0. The number of carbonyl (C=O) groups is 2. The fraction of sp³-hybridized carbons (Fsp3) is 0.250. The van der Waals surface area contributed by atoms with Gasteiger partial charge in [0.05, 0.1) is 0 Å². The average molecular weight is 353 g/mol. The summed E-state index contributed by atoms with van der Waals surface area (Å²) >= 11 is 0. The Bertz CT molecular complexity index is 798. The van der Waals surface area contributed by atoms with Crippen molar-refractivity contribution < 1.29 is 14.4 Å². The number of oxime groups is 1. The van der Waals surface area contributed by atoms with Crippen molar-refractivity contribution in [2.24, 2.45) is 5.16 Å². The summed E-state index contributed by atoms with van der Waals surface area (Å²) in [6.45, 7) is 5.68. The minimum Gasteiger partial charge on any atom is -0.385 e. The minimum absolute atomic E-state index is 0.275. The van der Waals surface area contributed by atoms with Gasteiger partial charge in [-0.2, -0.15) is 0 Å². The molecule has 2 N–H and O–H groups in total. The van der Waals surface area contributed by atoms with Gasteiger partial charge in [-0.25, -0.2) is 0 Å². The Morgan fingerprint density at radius 3 is 2.46 bits per heavy atom. The van der Waals surface area contributed by atoms with E-state index < -0.39 is 5.91 Å². The molecule has 0 aliphatic heterocycles. The van der Waals surface area contributed by atoms with E-state index in [2.05, 4.69) is 22.7 Å². The van der Waals surface area contributed by atoms with E-state index >= 15 is 0 Å². The number of benzene rings is 2. The molecule has 136 valence electrons. The highest BCUT2D eigenvalue weighted by atomic mass is 16.6. The van der Waals surface area contributed by atoms with E-state index in [0.29, 0.717) is 11.4 Å². The zero-order valence-electron chi connectivity index (χ0n) is 15.2. The van der Waals surface area contributed by atoms with Gasteiger partial charge in [0.15, 0.2) is 6.61 Å². The summed E-state index contributed by atoms with van der Waals surface area (Å²) in [5.74, 6) is -0.770. The first-order valence-electron chi connectivity index (χ1n) is 8.40. The Hall–Kier alpha value is -3.15. The average Bonchev–Trinajstić information content (AvgIpc) is 2.62. The molecule has 0 saturated carbocycles. The van der Waals surface area contributed by atoms with E-state index in [0.717, 1.165) is 23.8 Å². The zero-order valence-corrected chi connectivity index (χ0v) is 15.2. The zero-order chi connectivity index (χ0) is 18.9. The number of nitrogens with zero attached hydrogens (tertiary/aromatic N) is 1. The van der Waals surface area contributed by atoms with Gasteiger partial charge in [0, 0.05) is 11.4 Å². The fourth-order valence-electron chi connectivity index (χ4n) is 2.32. The van der Waals surface area contributed by atoms with E-state index in [1.165, 1.54) is 5.56 Å². The van der Waals surface area contributed by atoms with Gasteiger partial charge in [-0.15, -0.1) is 0 Å². The number of nitrogens with one attached hydrogen (secondary N) is 2. The van der Waals surface area contributed by atoms with Crippen molar-refractivity contribution in [3.8, 4) is 0 Å².